The van der Waals surface area contributed by atoms with E-state index in [0.717, 1.165) is 19.3 Å². The summed E-state index contributed by atoms with van der Waals surface area (Å²) < 4.78 is 25.0. The molecule has 1 saturated carbocycles. The number of hydrogen-bond donors (Lipinski definition) is 1. The largest absolute Gasteiger partial charge is 0.387 e. The molecule has 0 aromatic carbocycles. The van der Waals surface area contributed by atoms with E-state index in [-0.39, 0.29) is 11.3 Å². The van der Waals surface area contributed by atoms with Crippen molar-refractivity contribution in [1.29, 1.82) is 0 Å². The zero-order valence-electron chi connectivity index (χ0n) is 11.4. The van der Waals surface area contributed by atoms with E-state index in [0.29, 0.717) is 18.5 Å². The second-order valence-corrected chi connectivity index (χ2v) is 7.65. The molecule has 108 valence electrons. The standard InChI is InChI=1S/C12H21N3O3S/c1-3-12(16)11-8-15(14-13-11)9-5-4-6-10(7-9)19(2,17)18/h8-10,12,16H,3-7H2,1-2H3. The third kappa shape index (κ3) is 3.33. The van der Waals surface area contributed by atoms with Crippen LogP contribution in [-0.4, -0.2) is 40.0 Å². The van der Waals surface area contributed by atoms with Crippen LogP contribution in [0.25, 0.3) is 0 Å². The number of rotatable bonds is 4. The van der Waals surface area contributed by atoms with E-state index >= 15 is 0 Å². The Kier molecular flexibility index (Phi) is 4.25. The average Bonchev–Trinajstić information content (AvgIpc) is 2.86. The summed E-state index contributed by atoms with van der Waals surface area (Å²) in [7, 11) is -2.99. The van der Waals surface area contributed by atoms with Crippen LogP contribution >= 0.6 is 0 Å². The van der Waals surface area contributed by atoms with Gasteiger partial charge in [0.2, 0.25) is 0 Å². The predicted octanol–water partition coefficient (Wildman–Crippen LogP) is 1.25. The molecule has 0 amide bonds. The first kappa shape index (κ1) is 14.5. The van der Waals surface area contributed by atoms with Crippen molar-refractivity contribution < 1.29 is 13.5 Å². The van der Waals surface area contributed by atoms with Gasteiger partial charge in [-0.1, -0.05) is 18.6 Å². The van der Waals surface area contributed by atoms with Gasteiger partial charge in [0.1, 0.15) is 15.5 Å². The molecule has 1 aliphatic rings. The van der Waals surface area contributed by atoms with Gasteiger partial charge in [-0.25, -0.2) is 13.1 Å². The minimum atomic E-state index is -2.99. The van der Waals surface area contributed by atoms with Crippen LogP contribution in [0.15, 0.2) is 6.20 Å². The Hall–Kier alpha value is -0.950. The summed E-state index contributed by atoms with van der Waals surface area (Å²) in [4.78, 5) is 0. The summed E-state index contributed by atoms with van der Waals surface area (Å²) in [5.74, 6) is 0. The molecule has 0 bridgehead atoms. The van der Waals surface area contributed by atoms with Gasteiger partial charge in [-0.3, -0.25) is 0 Å². The lowest BCUT2D eigenvalue weighted by Crippen LogP contribution is -2.29. The highest BCUT2D eigenvalue weighted by Crippen LogP contribution is 2.31. The molecule has 3 unspecified atom stereocenters. The Labute approximate surface area is 113 Å². The lowest BCUT2D eigenvalue weighted by Gasteiger charge is -2.27. The highest BCUT2D eigenvalue weighted by atomic mass is 32.2. The molecule has 1 aromatic rings. The topological polar surface area (TPSA) is 85.1 Å². The van der Waals surface area contributed by atoms with E-state index in [1.54, 1.807) is 10.9 Å². The van der Waals surface area contributed by atoms with Crippen LogP contribution in [-0.2, 0) is 9.84 Å². The molecule has 0 radical (unpaired) electrons. The molecule has 19 heavy (non-hydrogen) atoms. The van der Waals surface area contributed by atoms with Crippen LogP contribution in [0.5, 0.6) is 0 Å². The summed E-state index contributed by atoms with van der Waals surface area (Å²) in [6.45, 7) is 1.88. The maximum Gasteiger partial charge on any atom is 0.150 e. The van der Waals surface area contributed by atoms with E-state index in [1.807, 2.05) is 6.92 Å². The zero-order valence-corrected chi connectivity index (χ0v) is 12.2. The van der Waals surface area contributed by atoms with Crippen LogP contribution < -0.4 is 0 Å². The number of hydrogen-bond acceptors (Lipinski definition) is 5. The molecule has 1 heterocycles. The van der Waals surface area contributed by atoms with Gasteiger partial charge in [-0.05, 0) is 25.7 Å². The van der Waals surface area contributed by atoms with Crippen LogP contribution in [0.3, 0.4) is 0 Å². The quantitative estimate of drug-likeness (QED) is 0.900. The van der Waals surface area contributed by atoms with Crippen molar-refractivity contribution in [2.24, 2.45) is 0 Å². The molecular weight excluding hydrogens is 266 g/mol. The van der Waals surface area contributed by atoms with Crippen LogP contribution in [0, 0.1) is 0 Å². The van der Waals surface area contributed by atoms with Gasteiger partial charge >= 0.3 is 0 Å². The Bertz CT molecular complexity index is 526. The van der Waals surface area contributed by atoms with Crippen molar-refractivity contribution in [2.45, 2.75) is 56.4 Å². The summed E-state index contributed by atoms with van der Waals surface area (Å²) in [6, 6.07) is 0.0683. The number of aliphatic hydroxyl groups is 1. The predicted molar refractivity (Wildman–Crippen MR) is 71.4 cm³/mol. The van der Waals surface area contributed by atoms with Gasteiger partial charge in [0, 0.05) is 6.26 Å². The van der Waals surface area contributed by atoms with Crippen LogP contribution in [0.1, 0.15) is 56.9 Å². The summed E-state index contributed by atoms with van der Waals surface area (Å²) in [5.41, 5.74) is 0.559. The minimum absolute atomic E-state index is 0.0683. The molecule has 0 aliphatic heterocycles. The maximum absolute atomic E-state index is 11.6. The van der Waals surface area contributed by atoms with Crippen molar-refractivity contribution in [1.82, 2.24) is 15.0 Å². The van der Waals surface area contributed by atoms with Gasteiger partial charge in [0.05, 0.1) is 23.6 Å². The fraction of sp³-hybridized carbons (Fsp3) is 0.833. The molecule has 1 aliphatic carbocycles. The first-order chi connectivity index (χ1) is 8.91. The van der Waals surface area contributed by atoms with E-state index in [9.17, 15) is 13.5 Å². The van der Waals surface area contributed by atoms with Gasteiger partial charge in [0.15, 0.2) is 0 Å². The molecular formula is C12H21N3O3S. The summed E-state index contributed by atoms with van der Waals surface area (Å²) >= 11 is 0. The Morgan fingerprint density at radius 3 is 2.89 bits per heavy atom. The Morgan fingerprint density at radius 1 is 1.53 bits per heavy atom. The van der Waals surface area contributed by atoms with Crippen molar-refractivity contribution in [2.75, 3.05) is 6.26 Å². The van der Waals surface area contributed by atoms with Crippen LogP contribution in [0.2, 0.25) is 0 Å². The molecule has 2 rings (SSSR count). The SMILES string of the molecule is CCC(O)c1cn(C2CCCC(S(C)(=O)=O)C2)nn1. The third-order valence-electron chi connectivity index (χ3n) is 3.83. The number of aliphatic hydroxyl groups excluding tert-OH is 1. The lowest BCUT2D eigenvalue weighted by molar-refractivity contribution is 0.168. The average molecular weight is 287 g/mol. The van der Waals surface area contributed by atoms with Gasteiger partial charge in [-0.2, -0.15) is 0 Å². The highest BCUT2D eigenvalue weighted by molar-refractivity contribution is 7.91. The van der Waals surface area contributed by atoms with Crippen molar-refractivity contribution >= 4 is 9.84 Å². The number of aromatic nitrogens is 3. The van der Waals surface area contributed by atoms with Gasteiger partial charge in [-0.15, -0.1) is 5.10 Å². The van der Waals surface area contributed by atoms with Crippen molar-refractivity contribution in [3.05, 3.63) is 11.9 Å². The molecule has 1 aromatic heterocycles. The second kappa shape index (κ2) is 5.58. The monoisotopic (exact) mass is 287 g/mol. The maximum atomic E-state index is 11.6. The minimum Gasteiger partial charge on any atom is -0.387 e. The molecule has 0 spiro atoms. The molecule has 0 saturated heterocycles. The zero-order chi connectivity index (χ0) is 14.0. The molecule has 3 atom stereocenters. The molecule has 6 nitrogen and oxygen atoms in total. The summed E-state index contributed by atoms with van der Waals surface area (Å²) in [5, 5.41) is 17.4. The van der Waals surface area contributed by atoms with E-state index in [4.69, 9.17) is 0 Å². The lowest BCUT2D eigenvalue weighted by atomic mass is 9.95. The van der Waals surface area contributed by atoms with Crippen LogP contribution in [0.4, 0.5) is 0 Å². The highest BCUT2D eigenvalue weighted by Gasteiger charge is 2.30. The molecule has 1 fully saturated rings. The van der Waals surface area contributed by atoms with E-state index in [2.05, 4.69) is 10.3 Å². The van der Waals surface area contributed by atoms with Crippen molar-refractivity contribution in [3.8, 4) is 0 Å². The van der Waals surface area contributed by atoms with Gasteiger partial charge < -0.3 is 5.11 Å². The third-order valence-corrected chi connectivity index (χ3v) is 5.47. The summed E-state index contributed by atoms with van der Waals surface area (Å²) in [6.07, 6.45) is 6.15. The molecule has 1 N–H and O–H groups in total. The van der Waals surface area contributed by atoms with Crippen molar-refractivity contribution in [3.63, 3.8) is 0 Å². The van der Waals surface area contributed by atoms with E-state index in [1.165, 1.54) is 6.26 Å². The fourth-order valence-electron chi connectivity index (χ4n) is 2.58. The smallest absolute Gasteiger partial charge is 0.150 e. The van der Waals surface area contributed by atoms with Gasteiger partial charge in [0.25, 0.3) is 0 Å². The Morgan fingerprint density at radius 2 is 2.26 bits per heavy atom. The first-order valence-electron chi connectivity index (χ1n) is 6.70. The number of sulfone groups is 1. The normalized spacial score (nSPS) is 26.3. The van der Waals surface area contributed by atoms with E-state index < -0.39 is 15.9 Å². The second-order valence-electron chi connectivity index (χ2n) is 5.32. The Balaban J connectivity index is 2.11. The fourth-order valence-corrected chi connectivity index (χ4v) is 3.75. The first-order valence-corrected chi connectivity index (χ1v) is 8.66. The molecule has 7 heteroatoms. The number of nitrogens with zero attached hydrogens (tertiary/aromatic N) is 3.